The third-order valence-corrected chi connectivity index (χ3v) is 2.06. The number of rotatable bonds is 3. The summed E-state index contributed by atoms with van der Waals surface area (Å²) in [6.07, 6.45) is 1.55. The van der Waals surface area contributed by atoms with Gasteiger partial charge in [-0.15, -0.1) is 11.6 Å². The highest BCUT2D eigenvalue weighted by Crippen LogP contribution is 2.17. The van der Waals surface area contributed by atoms with Gasteiger partial charge in [-0.2, -0.15) is 0 Å². The number of halogens is 2. The molecule has 3 heteroatoms. The van der Waals surface area contributed by atoms with Crippen molar-refractivity contribution in [1.82, 2.24) is 0 Å². The van der Waals surface area contributed by atoms with Crippen molar-refractivity contribution in [2.24, 2.45) is 0 Å². The van der Waals surface area contributed by atoms with E-state index in [0.29, 0.717) is 0 Å². The predicted octanol–water partition coefficient (Wildman–Crippen LogP) is 3.09. The summed E-state index contributed by atoms with van der Waals surface area (Å²) in [5.74, 6) is -0.873. The van der Waals surface area contributed by atoms with Crippen LogP contribution in [0.5, 0.6) is 5.75 Å². The van der Waals surface area contributed by atoms with E-state index in [1.165, 1.54) is 12.1 Å². The monoisotopic (exact) mass is 202 g/mol. The van der Waals surface area contributed by atoms with E-state index in [9.17, 15) is 4.39 Å². The molecule has 1 rings (SSSR count). The standard InChI is InChI=1S/C10H12ClFO/c1-7(11)2-3-8-4-5-10(13)9(12)6-8/h4-7,13H,2-3H2,1H3. The normalized spacial score (nSPS) is 12.8. The SMILES string of the molecule is CC(Cl)CCc1ccc(O)c(F)c1. The Kier molecular flexibility index (Phi) is 3.55. The van der Waals surface area contributed by atoms with Gasteiger partial charge < -0.3 is 5.11 Å². The van der Waals surface area contributed by atoms with Gasteiger partial charge in [-0.25, -0.2) is 4.39 Å². The fourth-order valence-corrected chi connectivity index (χ4v) is 1.18. The quantitative estimate of drug-likeness (QED) is 0.747. The van der Waals surface area contributed by atoms with Crippen LogP contribution in [0.15, 0.2) is 18.2 Å². The lowest BCUT2D eigenvalue weighted by Crippen LogP contribution is -1.95. The minimum absolute atomic E-state index is 0.0943. The molecule has 0 aliphatic carbocycles. The minimum Gasteiger partial charge on any atom is -0.505 e. The van der Waals surface area contributed by atoms with Crippen molar-refractivity contribution in [2.75, 3.05) is 0 Å². The maximum Gasteiger partial charge on any atom is 0.165 e. The molecule has 0 saturated heterocycles. The lowest BCUT2D eigenvalue weighted by Gasteiger charge is -2.03. The highest BCUT2D eigenvalue weighted by molar-refractivity contribution is 6.20. The molecule has 1 aromatic rings. The number of hydrogen-bond acceptors (Lipinski definition) is 1. The van der Waals surface area contributed by atoms with Crippen LogP contribution in [0.1, 0.15) is 18.9 Å². The van der Waals surface area contributed by atoms with Crippen LogP contribution in [0.2, 0.25) is 0 Å². The first-order chi connectivity index (χ1) is 6.09. The van der Waals surface area contributed by atoms with E-state index in [1.807, 2.05) is 6.92 Å². The lowest BCUT2D eigenvalue weighted by atomic mass is 10.1. The van der Waals surface area contributed by atoms with Crippen LogP contribution in [-0.4, -0.2) is 10.5 Å². The summed E-state index contributed by atoms with van der Waals surface area (Å²) in [6, 6.07) is 4.41. The Labute approximate surface area is 82.2 Å². The van der Waals surface area contributed by atoms with Crippen LogP contribution < -0.4 is 0 Å². The lowest BCUT2D eigenvalue weighted by molar-refractivity contribution is 0.431. The van der Waals surface area contributed by atoms with Gasteiger partial charge in [-0.05, 0) is 37.5 Å². The van der Waals surface area contributed by atoms with Gasteiger partial charge >= 0.3 is 0 Å². The highest BCUT2D eigenvalue weighted by Gasteiger charge is 2.02. The van der Waals surface area contributed by atoms with E-state index in [2.05, 4.69) is 0 Å². The van der Waals surface area contributed by atoms with Gasteiger partial charge in [0.05, 0.1) is 0 Å². The molecule has 0 aromatic heterocycles. The van der Waals surface area contributed by atoms with E-state index in [4.69, 9.17) is 16.7 Å². The summed E-state index contributed by atoms with van der Waals surface area (Å²) < 4.78 is 12.8. The first-order valence-electron chi connectivity index (χ1n) is 4.21. The van der Waals surface area contributed by atoms with Crippen LogP contribution in [-0.2, 0) is 6.42 Å². The summed E-state index contributed by atoms with van der Waals surface area (Å²) in [6.45, 7) is 1.90. The minimum atomic E-state index is -0.570. The Bertz CT molecular complexity index is 286. The molecular weight excluding hydrogens is 191 g/mol. The van der Waals surface area contributed by atoms with Crippen LogP contribution in [0.3, 0.4) is 0 Å². The van der Waals surface area contributed by atoms with Crippen LogP contribution in [0.4, 0.5) is 4.39 Å². The first-order valence-corrected chi connectivity index (χ1v) is 4.64. The van der Waals surface area contributed by atoms with Crippen molar-refractivity contribution >= 4 is 11.6 Å². The zero-order valence-electron chi connectivity index (χ0n) is 7.43. The summed E-state index contributed by atoms with van der Waals surface area (Å²) >= 11 is 5.76. The Morgan fingerprint density at radius 2 is 2.23 bits per heavy atom. The van der Waals surface area contributed by atoms with Crippen molar-refractivity contribution in [2.45, 2.75) is 25.1 Å². The molecule has 1 atom stereocenters. The highest BCUT2D eigenvalue weighted by atomic mass is 35.5. The molecule has 0 radical (unpaired) electrons. The molecule has 1 unspecified atom stereocenters. The van der Waals surface area contributed by atoms with E-state index >= 15 is 0 Å². The molecule has 0 heterocycles. The first kappa shape index (κ1) is 10.3. The smallest absolute Gasteiger partial charge is 0.165 e. The van der Waals surface area contributed by atoms with Crippen LogP contribution in [0.25, 0.3) is 0 Å². The van der Waals surface area contributed by atoms with Gasteiger partial charge in [0, 0.05) is 5.38 Å². The number of hydrogen-bond donors (Lipinski definition) is 1. The molecular formula is C10H12ClFO. The number of benzene rings is 1. The van der Waals surface area contributed by atoms with Gasteiger partial charge in [0.15, 0.2) is 11.6 Å². The van der Waals surface area contributed by atoms with Crippen molar-refractivity contribution in [3.63, 3.8) is 0 Å². The molecule has 0 aliphatic rings. The van der Waals surface area contributed by atoms with E-state index in [1.54, 1.807) is 6.07 Å². The zero-order chi connectivity index (χ0) is 9.84. The predicted molar refractivity (Wildman–Crippen MR) is 51.7 cm³/mol. The molecule has 0 spiro atoms. The average molecular weight is 203 g/mol. The number of alkyl halides is 1. The fraction of sp³-hybridized carbons (Fsp3) is 0.400. The molecule has 0 bridgehead atoms. The van der Waals surface area contributed by atoms with Gasteiger partial charge in [0.2, 0.25) is 0 Å². The molecule has 0 amide bonds. The maximum absolute atomic E-state index is 12.8. The molecule has 1 aromatic carbocycles. The Morgan fingerprint density at radius 3 is 2.77 bits per heavy atom. The Balaban J connectivity index is 2.63. The summed E-state index contributed by atoms with van der Waals surface area (Å²) in [7, 11) is 0. The van der Waals surface area contributed by atoms with Gasteiger partial charge in [0.25, 0.3) is 0 Å². The Hall–Kier alpha value is -0.760. The number of phenolic OH excluding ortho intramolecular Hbond substituents is 1. The molecule has 0 fully saturated rings. The molecule has 72 valence electrons. The van der Waals surface area contributed by atoms with Crippen LogP contribution >= 0.6 is 11.6 Å². The van der Waals surface area contributed by atoms with Crippen molar-refractivity contribution in [3.8, 4) is 5.75 Å². The largest absolute Gasteiger partial charge is 0.505 e. The average Bonchev–Trinajstić information content (AvgIpc) is 2.07. The molecule has 1 nitrogen and oxygen atoms in total. The Morgan fingerprint density at radius 1 is 1.54 bits per heavy atom. The van der Waals surface area contributed by atoms with Crippen LogP contribution in [0, 0.1) is 5.82 Å². The molecule has 1 N–H and O–H groups in total. The number of aryl methyl sites for hydroxylation is 1. The summed E-state index contributed by atoms with van der Waals surface area (Å²) in [5.41, 5.74) is 0.864. The van der Waals surface area contributed by atoms with Crippen molar-refractivity contribution in [1.29, 1.82) is 0 Å². The van der Waals surface area contributed by atoms with E-state index in [0.717, 1.165) is 18.4 Å². The second-order valence-corrected chi connectivity index (χ2v) is 3.85. The summed E-state index contributed by atoms with van der Waals surface area (Å²) in [4.78, 5) is 0. The molecule has 0 saturated carbocycles. The number of aromatic hydroxyl groups is 1. The van der Waals surface area contributed by atoms with Gasteiger partial charge in [-0.1, -0.05) is 6.07 Å². The third kappa shape index (κ3) is 3.23. The van der Waals surface area contributed by atoms with Gasteiger partial charge in [0.1, 0.15) is 0 Å². The van der Waals surface area contributed by atoms with Crippen molar-refractivity contribution < 1.29 is 9.50 Å². The van der Waals surface area contributed by atoms with Gasteiger partial charge in [-0.3, -0.25) is 0 Å². The zero-order valence-corrected chi connectivity index (χ0v) is 8.18. The topological polar surface area (TPSA) is 20.2 Å². The summed E-state index contributed by atoms with van der Waals surface area (Å²) in [5, 5.41) is 9.01. The molecule has 13 heavy (non-hydrogen) atoms. The number of phenols is 1. The van der Waals surface area contributed by atoms with E-state index in [-0.39, 0.29) is 11.1 Å². The third-order valence-electron chi connectivity index (χ3n) is 1.84. The maximum atomic E-state index is 12.8. The van der Waals surface area contributed by atoms with Crippen molar-refractivity contribution in [3.05, 3.63) is 29.6 Å². The molecule has 0 aliphatic heterocycles. The second-order valence-electron chi connectivity index (χ2n) is 3.11. The second kappa shape index (κ2) is 4.47. The van der Waals surface area contributed by atoms with E-state index < -0.39 is 5.82 Å². The fourth-order valence-electron chi connectivity index (χ4n) is 1.07.